The summed E-state index contributed by atoms with van der Waals surface area (Å²) in [5.74, 6) is 0.348. The third-order valence-electron chi connectivity index (χ3n) is 4.51. The maximum Gasteiger partial charge on any atom is 0.262 e. The lowest BCUT2D eigenvalue weighted by Gasteiger charge is -2.11. The molecule has 4 rings (SSSR count). The van der Waals surface area contributed by atoms with Gasteiger partial charge in [-0.2, -0.15) is 0 Å². The highest BCUT2D eigenvalue weighted by atomic mass is 35.5. The highest BCUT2D eigenvalue weighted by Gasteiger charge is 2.08. The zero-order valence-corrected chi connectivity index (χ0v) is 16.5. The lowest BCUT2D eigenvalue weighted by Crippen LogP contribution is -2.20. The van der Waals surface area contributed by atoms with Gasteiger partial charge in [0.15, 0.2) is 6.61 Å². The molecule has 0 saturated carbocycles. The minimum Gasteiger partial charge on any atom is -0.484 e. The van der Waals surface area contributed by atoms with Gasteiger partial charge in [-0.05, 0) is 61.0 Å². The number of fused-ring (bicyclic) bond motifs is 1. The van der Waals surface area contributed by atoms with Crippen molar-refractivity contribution in [3.8, 4) is 17.0 Å². The summed E-state index contributed by atoms with van der Waals surface area (Å²) in [6.45, 7) is 1.76. The number of carbonyl (C=O) groups is 1. The summed E-state index contributed by atoms with van der Waals surface area (Å²) < 4.78 is 5.59. The fraction of sp³-hybridized carbons (Fsp3) is 0.0870. The normalized spacial score (nSPS) is 10.7. The first-order chi connectivity index (χ1) is 14.1. The second-order valence-electron chi connectivity index (χ2n) is 6.52. The standard InChI is InChI=1S/C23H18ClN3O2/c1-15-18(24)5-4-8-19(15)27-23(28)14-29-17-11-9-16(10-12-17)22-13-25-20-6-2-3-7-21(20)26-22/h2-13H,14H2,1H3,(H,27,28). The zero-order chi connectivity index (χ0) is 20.2. The van der Waals surface area contributed by atoms with Crippen molar-refractivity contribution in [1.82, 2.24) is 9.97 Å². The van der Waals surface area contributed by atoms with Crippen LogP contribution in [0.2, 0.25) is 5.02 Å². The van der Waals surface area contributed by atoms with Crippen LogP contribution in [-0.2, 0) is 4.79 Å². The molecule has 1 heterocycles. The van der Waals surface area contributed by atoms with Crippen LogP contribution in [0.1, 0.15) is 5.56 Å². The average molecular weight is 404 g/mol. The van der Waals surface area contributed by atoms with E-state index in [4.69, 9.17) is 16.3 Å². The smallest absolute Gasteiger partial charge is 0.262 e. The zero-order valence-electron chi connectivity index (χ0n) is 15.7. The molecule has 5 nitrogen and oxygen atoms in total. The van der Waals surface area contributed by atoms with Crippen LogP contribution in [-0.4, -0.2) is 22.5 Å². The lowest BCUT2D eigenvalue weighted by atomic mass is 10.1. The van der Waals surface area contributed by atoms with Gasteiger partial charge in [-0.15, -0.1) is 0 Å². The maximum atomic E-state index is 12.2. The molecule has 0 bridgehead atoms. The molecule has 144 valence electrons. The van der Waals surface area contributed by atoms with Crippen molar-refractivity contribution in [2.24, 2.45) is 0 Å². The van der Waals surface area contributed by atoms with Crippen LogP contribution < -0.4 is 10.1 Å². The second kappa shape index (κ2) is 8.29. The molecule has 3 aromatic carbocycles. The highest BCUT2D eigenvalue weighted by Crippen LogP contribution is 2.24. The Kier molecular flexibility index (Phi) is 5.40. The van der Waals surface area contributed by atoms with E-state index in [2.05, 4.69) is 15.3 Å². The van der Waals surface area contributed by atoms with Crippen molar-refractivity contribution < 1.29 is 9.53 Å². The van der Waals surface area contributed by atoms with Crippen molar-refractivity contribution in [3.63, 3.8) is 0 Å². The fourth-order valence-electron chi connectivity index (χ4n) is 2.90. The molecule has 6 heteroatoms. The van der Waals surface area contributed by atoms with Crippen LogP contribution in [0, 0.1) is 6.92 Å². The van der Waals surface area contributed by atoms with Crippen molar-refractivity contribution >= 4 is 34.2 Å². The van der Waals surface area contributed by atoms with Crippen molar-refractivity contribution in [3.05, 3.63) is 83.5 Å². The predicted octanol–water partition coefficient (Wildman–Crippen LogP) is 5.28. The highest BCUT2D eigenvalue weighted by molar-refractivity contribution is 6.31. The number of anilines is 1. The van der Waals surface area contributed by atoms with E-state index in [0.717, 1.165) is 27.9 Å². The van der Waals surface area contributed by atoms with E-state index in [9.17, 15) is 4.79 Å². The van der Waals surface area contributed by atoms with Gasteiger partial charge in [-0.3, -0.25) is 9.78 Å². The fourth-order valence-corrected chi connectivity index (χ4v) is 3.07. The van der Waals surface area contributed by atoms with Crippen molar-refractivity contribution in [2.45, 2.75) is 6.92 Å². The monoisotopic (exact) mass is 403 g/mol. The van der Waals surface area contributed by atoms with E-state index < -0.39 is 0 Å². The molecular weight excluding hydrogens is 386 g/mol. The van der Waals surface area contributed by atoms with Crippen LogP contribution >= 0.6 is 11.6 Å². The number of nitrogens with zero attached hydrogens (tertiary/aromatic N) is 2. The number of benzene rings is 3. The molecule has 0 spiro atoms. The van der Waals surface area contributed by atoms with Gasteiger partial charge in [0.1, 0.15) is 5.75 Å². The summed E-state index contributed by atoms with van der Waals surface area (Å²) in [6.07, 6.45) is 1.75. The Morgan fingerprint density at radius 2 is 1.76 bits per heavy atom. The Labute approximate surface area is 173 Å². The summed E-state index contributed by atoms with van der Waals surface area (Å²) in [7, 11) is 0. The molecule has 0 aliphatic heterocycles. The quantitative estimate of drug-likeness (QED) is 0.492. The number of ether oxygens (including phenoxy) is 1. The van der Waals surface area contributed by atoms with Gasteiger partial charge >= 0.3 is 0 Å². The first-order valence-electron chi connectivity index (χ1n) is 9.10. The molecule has 29 heavy (non-hydrogen) atoms. The number of aromatic nitrogens is 2. The first kappa shape index (κ1) is 18.9. The number of hydrogen-bond acceptors (Lipinski definition) is 4. The topological polar surface area (TPSA) is 64.1 Å². The molecule has 0 fully saturated rings. The van der Waals surface area contributed by atoms with Gasteiger partial charge in [0.2, 0.25) is 0 Å². The SMILES string of the molecule is Cc1c(Cl)cccc1NC(=O)COc1ccc(-c2cnc3ccccc3n2)cc1. The summed E-state index contributed by atoms with van der Waals surface area (Å²) in [6, 6.07) is 20.5. The van der Waals surface area contributed by atoms with E-state index in [1.165, 1.54) is 0 Å². The number of hydrogen-bond donors (Lipinski definition) is 1. The summed E-state index contributed by atoms with van der Waals surface area (Å²) in [5.41, 5.74) is 4.91. The van der Waals surface area contributed by atoms with Crippen LogP contribution in [0.15, 0.2) is 72.9 Å². The number of rotatable bonds is 5. The number of nitrogens with one attached hydrogen (secondary N) is 1. The number of halogens is 1. The molecule has 1 aromatic heterocycles. The largest absolute Gasteiger partial charge is 0.484 e. The molecule has 4 aromatic rings. The van der Waals surface area contributed by atoms with Crippen LogP contribution in [0.3, 0.4) is 0 Å². The summed E-state index contributed by atoms with van der Waals surface area (Å²) >= 11 is 6.08. The minimum absolute atomic E-state index is 0.0962. The third kappa shape index (κ3) is 4.36. The van der Waals surface area contributed by atoms with E-state index in [1.807, 2.05) is 55.5 Å². The Morgan fingerprint density at radius 1 is 1.00 bits per heavy atom. The lowest BCUT2D eigenvalue weighted by molar-refractivity contribution is -0.118. The molecule has 0 radical (unpaired) electrons. The van der Waals surface area contributed by atoms with E-state index in [1.54, 1.807) is 24.4 Å². The van der Waals surface area contributed by atoms with Crippen molar-refractivity contribution in [1.29, 1.82) is 0 Å². The molecular formula is C23H18ClN3O2. The first-order valence-corrected chi connectivity index (χ1v) is 9.48. The average Bonchev–Trinajstić information content (AvgIpc) is 2.75. The van der Waals surface area contributed by atoms with E-state index in [-0.39, 0.29) is 12.5 Å². The molecule has 0 unspecified atom stereocenters. The van der Waals surface area contributed by atoms with Gasteiger partial charge in [0.05, 0.1) is 22.9 Å². The van der Waals surface area contributed by atoms with Gasteiger partial charge in [0.25, 0.3) is 5.91 Å². The number of para-hydroxylation sites is 2. The Morgan fingerprint density at radius 3 is 2.55 bits per heavy atom. The number of amides is 1. The summed E-state index contributed by atoms with van der Waals surface area (Å²) in [5, 5.41) is 3.42. The molecule has 1 N–H and O–H groups in total. The molecule has 0 aliphatic rings. The van der Waals surface area contributed by atoms with Gasteiger partial charge in [-0.25, -0.2) is 4.98 Å². The van der Waals surface area contributed by atoms with Gasteiger partial charge < -0.3 is 10.1 Å². The third-order valence-corrected chi connectivity index (χ3v) is 4.92. The van der Waals surface area contributed by atoms with E-state index >= 15 is 0 Å². The van der Waals surface area contributed by atoms with Crippen molar-refractivity contribution in [2.75, 3.05) is 11.9 Å². The van der Waals surface area contributed by atoms with Gasteiger partial charge in [-0.1, -0.05) is 29.8 Å². The summed E-state index contributed by atoms with van der Waals surface area (Å²) in [4.78, 5) is 21.2. The minimum atomic E-state index is -0.250. The molecule has 0 aliphatic carbocycles. The predicted molar refractivity (Wildman–Crippen MR) is 115 cm³/mol. The Hall–Kier alpha value is -3.44. The molecule has 0 saturated heterocycles. The van der Waals surface area contributed by atoms with Crippen LogP contribution in [0.4, 0.5) is 5.69 Å². The van der Waals surface area contributed by atoms with Crippen LogP contribution in [0.5, 0.6) is 5.75 Å². The second-order valence-corrected chi connectivity index (χ2v) is 6.92. The Balaban J connectivity index is 1.40. The van der Waals surface area contributed by atoms with E-state index in [0.29, 0.717) is 16.5 Å². The maximum absolute atomic E-state index is 12.2. The number of carbonyl (C=O) groups excluding carboxylic acids is 1. The Bertz CT molecular complexity index is 1180. The van der Waals surface area contributed by atoms with Gasteiger partial charge in [0, 0.05) is 16.3 Å². The van der Waals surface area contributed by atoms with Crippen LogP contribution in [0.25, 0.3) is 22.3 Å². The molecule has 0 atom stereocenters. The molecule has 1 amide bonds.